The lowest BCUT2D eigenvalue weighted by atomic mass is 10.0. The third kappa shape index (κ3) is 3.77. The predicted octanol–water partition coefficient (Wildman–Crippen LogP) is 4.84. The molecule has 0 unspecified atom stereocenters. The van der Waals surface area contributed by atoms with Gasteiger partial charge in [-0.3, -0.25) is 0 Å². The summed E-state index contributed by atoms with van der Waals surface area (Å²) in [6.45, 7) is 2.24. The van der Waals surface area contributed by atoms with E-state index in [1.807, 2.05) is 6.07 Å². The van der Waals surface area contributed by atoms with Gasteiger partial charge in [0, 0.05) is 31.2 Å². The van der Waals surface area contributed by atoms with E-state index in [4.69, 9.17) is 0 Å². The second-order valence-corrected chi connectivity index (χ2v) is 5.33. The molecule has 20 heavy (non-hydrogen) atoms. The van der Waals surface area contributed by atoms with E-state index in [2.05, 4.69) is 73.7 Å². The number of rotatable bonds is 6. The number of benzene rings is 2. The summed E-state index contributed by atoms with van der Waals surface area (Å²) in [6, 6.07) is 16.9. The monoisotopic (exact) mass is 268 g/mol. The summed E-state index contributed by atoms with van der Waals surface area (Å²) in [7, 11) is 4.21. The lowest BCUT2D eigenvalue weighted by Gasteiger charge is -2.19. The summed E-state index contributed by atoms with van der Waals surface area (Å²) in [5.41, 5.74) is 5.02. The lowest BCUT2D eigenvalue weighted by Crippen LogP contribution is -2.11. The summed E-state index contributed by atoms with van der Waals surface area (Å²) < 4.78 is 0. The van der Waals surface area contributed by atoms with Gasteiger partial charge in [0.05, 0.1) is 0 Å². The molecule has 0 heterocycles. The third-order valence-electron chi connectivity index (χ3n) is 3.42. The van der Waals surface area contributed by atoms with Crippen LogP contribution in [-0.4, -0.2) is 14.1 Å². The zero-order chi connectivity index (χ0) is 14.4. The number of hydrogen-bond acceptors (Lipinski definition) is 2. The molecule has 2 rings (SSSR count). The average Bonchev–Trinajstić information content (AvgIpc) is 2.46. The normalized spacial score (nSPS) is 10.3. The van der Waals surface area contributed by atoms with Gasteiger partial charge in [-0.2, -0.15) is 0 Å². The molecule has 0 aromatic heterocycles. The van der Waals surface area contributed by atoms with Crippen molar-refractivity contribution >= 4 is 17.1 Å². The fraction of sp³-hybridized carbons (Fsp3) is 0.333. The van der Waals surface area contributed by atoms with E-state index in [0.717, 1.165) is 17.8 Å². The van der Waals surface area contributed by atoms with E-state index in [1.54, 1.807) is 0 Å². The summed E-state index contributed by atoms with van der Waals surface area (Å²) in [4.78, 5) is 2.19. The van der Waals surface area contributed by atoms with Crippen LogP contribution in [0.4, 0.5) is 17.1 Å². The van der Waals surface area contributed by atoms with E-state index in [0.29, 0.717) is 0 Å². The van der Waals surface area contributed by atoms with Gasteiger partial charge in [0.2, 0.25) is 0 Å². The molecule has 2 nitrogen and oxygen atoms in total. The van der Waals surface area contributed by atoms with Gasteiger partial charge in [0.15, 0.2) is 0 Å². The van der Waals surface area contributed by atoms with Crippen molar-refractivity contribution in [2.24, 2.45) is 0 Å². The standard InChI is InChI=1S/C18H24N2/c1-4-5-9-15-14-17(12-13-18(15)20(2)3)19-16-10-7-6-8-11-16/h6-8,10-14,19H,4-5,9H2,1-3H3. The van der Waals surface area contributed by atoms with Crippen molar-refractivity contribution in [3.63, 3.8) is 0 Å². The first-order chi connectivity index (χ1) is 9.70. The first-order valence-corrected chi connectivity index (χ1v) is 7.33. The number of nitrogens with one attached hydrogen (secondary N) is 1. The van der Waals surface area contributed by atoms with Crippen molar-refractivity contribution in [2.45, 2.75) is 26.2 Å². The predicted molar refractivity (Wildman–Crippen MR) is 89.1 cm³/mol. The van der Waals surface area contributed by atoms with Crippen LogP contribution in [0.2, 0.25) is 0 Å². The molecule has 2 aromatic rings. The van der Waals surface area contributed by atoms with Crippen LogP contribution >= 0.6 is 0 Å². The van der Waals surface area contributed by atoms with Crippen molar-refractivity contribution in [3.8, 4) is 0 Å². The second kappa shape index (κ2) is 6.99. The minimum Gasteiger partial charge on any atom is -0.377 e. The second-order valence-electron chi connectivity index (χ2n) is 5.33. The van der Waals surface area contributed by atoms with Crippen LogP contribution in [0.15, 0.2) is 48.5 Å². The molecule has 0 atom stereocenters. The zero-order valence-electron chi connectivity index (χ0n) is 12.7. The first-order valence-electron chi connectivity index (χ1n) is 7.33. The van der Waals surface area contributed by atoms with Crippen LogP contribution in [0.1, 0.15) is 25.3 Å². The molecule has 106 valence electrons. The molecule has 0 fully saturated rings. The highest BCUT2D eigenvalue weighted by Gasteiger charge is 2.06. The lowest BCUT2D eigenvalue weighted by molar-refractivity contribution is 0.793. The maximum Gasteiger partial charge on any atom is 0.0395 e. The van der Waals surface area contributed by atoms with Crippen LogP contribution in [0, 0.1) is 0 Å². The van der Waals surface area contributed by atoms with Crippen molar-refractivity contribution in [1.29, 1.82) is 0 Å². The quantitative estimate of drug-likeness (QED) is 0.806. The maximum atomic E-state index is 3.47. The Bertz CT molecular complexity index is 532. The van der Waals surface area contributed by atoms with E-state index >= 15 is 0 Å². The summed E-state index contributed by atoms with van der Waals surface area (Å²) >= 11 is 0. The highest BCUT2D eigenvalue weighted by Crippen LogP contribution is 2.26. The van der Waals surface area contributed by atoms with Gasteiger partial charge in [0.25, 0.3) is 0 Å². The number of unbranched alkanes of at least 4 members (excludes halogenated alkanes) is 1. The molecule has 0 saturated heterocycles. The Kier molecular flexibility index (Phi) is 5.05. The fourth-order valence-electron chi connectivity index (χ4n) is 2.36. The third-order valence-corrected chi connectivity index (χ3v) is 3.42. The summed E-state index contributed by atoms with van der Waals surface area (Å²) in [5.74, 6) is 0. The minimum absolute atomic E-state index is 1.13. The summed E-state index contributed by atoms with van der Waals surface area (Å²) in [6.07, 6.45) is 3.59. The Morgan fingerprint density at radius 3 is 2.35 bits per heavy atom. The van der Waals surface area contributed by atoms with Crippen molar-refractivity contribution in [1.82, 2.24) is 0 Å². The molecule has 0 aliphatic rings. The van der Waals surface area contributed by atoms with Crippen LogP contribution < -0.4 is 10.2 Å². The van der Waals surface area contributed by atoms with E-state index in [1.165, 1.54) is 24.1 Å². The molecular weight excluding hydrogens is 244 g/mol. The molecule has 0 saturated carbocycles. The fourth-order valence-corrected chi connectivity index (χ4v) is 2.36. The van der Waals surface area contributed by atoms with Crippen molar-refractivity contribution in [3.05, 3.63) is 54.1 Å². The molecular formula is C18H24N2. The van der Waals surface area contributed by atoms with Crippen LogP contribution in [-0.2, 0) is 6.42 Å². The Morgan fingerprint density at radius 2 is 1.70 bits per heavy atom. The van der Waals surface area contributed by atoms with Crippen LogP contribution in [0.25, 0.3) is 0 Å². The highest BCUT2D eigenvalue weighted by atomic mass is 15.1. The van der Waals surface area contributed by atoms with E-state index < -0.39 is 0 Å². The van der Waals surface area contributed by atoms with Crippen LogP contribution in [0.3, 0.4) is 0 Å². The Hall–Kier alpha value is -1.96. The summed E-state index contributed by atoms with van der Waals surface area (Å²) in [5, 5.41) is 3.47. The SMILES string of the molecule is CCCCc1cc(Nc2ccccc2)ccc1N(C)C. The molecule has 0 bridgehead atoms. The largest absolute Gasteiger partial charge is 0.377 e. The highest BCUT2D eigenvalue weighted by molar-refractivity contribution is 5.65. The zero-order valence-corrected chi connectivity index (χ0v) is 12.7. The van der Waals surface area contributed by atoms with Gasteiger partial charge in [-0.1, -0.05) is 31.5 Å². The van der Waals surface area contributed by atoms with Crippen molar-refractivity contribution in [2.75, 3.05) is 24.3 Å². The van der Waals surface area contributed by atoms with E-state index in [9.17, 15) is 0 Å². The Labute approximate surface area is 122 Å². The molecule has 0 amide bonds. The molecule has 0 aliphatic carbocycles. The van der Waals surface area contributed by atoms with Gasteiger partial charge in [-0.05, 0) is 48.7 Å². The van der Waals surface area contributed by atoms with E-state index in [-0.39, 0.29) is 0 Å². The average molecular weight is 268 g/mol. The number of nitrogens with zero attached hydrogens (tertiary/aromatic N) is 1. The van der Waals surface area contributed by atoms with Gasteiger partial charge >= 0.3 is 0 Å². The molecule has 1 N–H and O–H groups in total. The molecule has 2 heteroatoms. The molecule has 0 spiro atoms. The smallest absolute Gasteiger partial charge is 0.0395 e. The number of anilines is 3. The number of hydrogen-bond donors (Lipinski definition) is 1. The van der Waals surface area contributed by atoms with Gasteiger partial charge in [0.1, 0.15) is 0 Å². The topological polar surface area (TPSA) is 15.3 Å². The minimum atomic E-state index is 1.13. The molecule has 0 aliphatic heterocycles. The van der Waals surface area contributed by atoms with Crippen molar-refractivity contribution < 1.29 is 0 Å². The molecule has 2 aromatic carbocycles. The van der Waals surface area contributed by atoms with Gasteiger partial charge in [-0.25, -0.2) is 0 Å². The molecule has 0 radical (unpaired) electrons. The Morgan fingerprint density at radius 1 is 0.950 bits per heavy atom. The number of aryl methyl sites for hydroxylation is 1. The van der Waals surface area contributed by atoms with Gasteiger partial charge < -0.3 is 10.2 Å². The first kappa shape index (κ1) is 14.4. The maximum absolute atomic E-state index is 3.47. The van der Waals surface area contributed by atoms with Gasteiger partial charge in [-0.15, -0.1) is 0 Å². The Balaban J connectivity index is 2.22. The van der Waals surface area contributed by atoms with Crippen LogP contribution in [0.5, 0.6) is 0 Å². The number of para-hydroxylation sites is 1.